The highest BCUT2D eigenvalue weighted by molar-refractivity contribution is 6.31. The third-order valence-corrected chi connectivity index (χ3v) is 7.24. The molecule has 1 aliphatic heterocycles. The van der Waals surface area contributed by atoms with Gasteiger partial charge in [-0.3, -0.25) is 0 Å². The molecule has 7 heteroatoms. The smallest absolute Gasteiger partial charge is 0.0363 e. The molecule has 0 aromatic carbocycles. The molecule has 0 saturated carbocycles. The van der Waals surface area contributed by atoms with Crippen LogP contribution < -0.4 is 11.1 Å². The second kappa shape index (κ2) is 19.5. The number of hydrogen-bond donors (Lipinski definition) is 2. The molecule has 204 valence electrons. The summed E-state index contributed by atoms with van der Waals surface area (Å²) in [6.45, 7) is 14.6. The van der Waals surface area contributed by atoms with Crippen molar-refractivity contribution in [3.05, 3.63) is 35.4 Å². The molecule has 0 amide bonds. The molecule has 34 heavy (non-hydrogen) atoms. The van der Waals surface area contributed by atoms with Gasteiger partial charge in [0.25, 0.3) is 0 Å². The summed E-state index contributed by atoms with van der Waals surface area (Å²) in [5.74, 6) is 2.01. The summed E-state index contributed by atoms with van der Waals surface area (Å²) < 4.78 is 0. The summed E-state index contributed by atoms with van der Waals surface area (Å²) in [5.41, 5.74) is 6.00. The van der Waals surface area contributed by atoms with Crippen molar-refractivity contribution < 1.29 is 16.4 Å². The monoisotopic (exact) mass is 505 g/mol. The fourth-order valence-corrected chi connectivity index (χ4v) is 5.32. The van der Waals surface area contributed by atoms with E-state index in [1.54, 1.807) is 0 Å². The van der Waals surface area contributed by atoms with Gasteiger partial charge in [-0.25, -0.2) is 0 Å². The van der Waals surface area contributed by atoms with Gasteiger partial charge in [-0.1, -0.05) is 71.0 Å². The van der Waals surface area contributed by atoms with E-state index < -0.39 is 0 Å². The normalized spacial score (nSPS) is 24.1. The van der Waals surface area contributed by atoms with E-state index in [1.165, 1.54) is 45.2 Å². The van der Waals surface area contributed by atoms with Crippen LogP contribution in [-0.2, 0) is 0 Å². The Hall–Kier alpha value is -0.730. The summed E-state index contributed by atoms with van der Waals surface area (Å²) in [6.07, 6.45) is 19.0. The molecule has 1 heterocycles. The van der Waals surface area contributed by atoms with Crippen molar-refractivity contribution in [2.24, 2.45) is 28.9 Å². The standard InChI is InChI=1S/C20H36ClN3.C6H10.CH4.3H2O/c1-15(2)19(23-11-10-22)13-24-12-9-18(20(3,4)14-24)16-5-7-17(21)8-6-16;1-2-4-6-5-3-1;;;;/h5,7-8,15-16,18-19,23H,6,9-14,22H2,1-4H3;1-2H,3-6H2;1H4;3*1H2/t16?,18?,19-;;;;;/m0...../s1. The van der Waals surface area contributed by atoms with E-state index in [-0.39, 0.29) is 23.9 Å². The van der Waals surface area contributed by atoms with Gasteiger partial charge in [0, 0.05) is 37.3 Å². The Morgan fingerprint density at radius 3 is 2.18 bits per heavy atom. The fraction of sp³-hybridized carbons (Fsp3) is 0.778. The minimum Gasteiger partial charge on any atom is -0.412 e. The van der Waals surface area contributed by atoms with Gasteiger partial charge in [-0.05, 0) is 74.3 Å². The Kier molecular flexibility index (Phi) is 21.6. The number of rotatable bonds is 7. The predicted octanol–water partition coefficient (Wildman–Crippen LogP) is 3.88. The molecule has 9 N–H and O–H groups in total. The first-order valence-electron chi connectivity index (χ1n) is 12.2. The first kappa shape index (κ1) is 37.8. The molecular weight excluding hydrogens is 450 g/mol. The van der Waals surface area contributed by atoms with E-state index in [0.717, 1.165) is 30.5 Å². The van der Waals surface area contributed by atoms with Gasteiger partial charge in [-0.15, -0.1) is 0 Å². The van der Waals surface area contributed by atoms with Crippen LogP contribution in [0.25, 0.3) is 0 Å². The molecule has 1 saturated heterocycles. The highest BCUT2D eigenvalue weighted by Crippen LogP contribution is 2.43. The van der Waals surface area contributed by atoms with Crippen molar-refractivity contribution in [1.82, 2.24) is 10.2 Å². The van der Waals surface area contributed by atoms with Crippen molar-refractivity contribution in [2.45, 2.75) is 79.7 Å². The number of piperidine rings is 1. The van der Waals surface area contributed by atoms with Gasteiger partial charge in [0.1, 0.15) is 0 Å². The quantitative estimate of drug-likeness (QED) is 0.507. The van der Waals surface area contributed by atoms with Crippen LogP contribution in [0.4, 0.5) is 0 Å². The second-order valence-electron chi connectivity index (χ2n) is 10.3. The lowest BCUT2D eigenvalue weighted by Gasteiger charge is -2.48. The SMILES string of the molecule is C.C1=CCCCC1.CC(C)[C@H](CN1CCC(C2C=CC(Cl)=CC2)C(C)(C)C1)NCCN.O.O.O. The number of halogens is 1. The Balaban J connectivity index is -0.000000841. The largest absolute Gasteiger partial charge is 0.412 e. The van der Waals surface area contributed by atoms with Gasteiger partial charge in [0.2, 0.25) is 0 Å². The topological polar surface area (TPSA) is 136 Å². The number of hydrogen-bond acceptors (Lipinski definition) is 3. The molecule has 2 unspecified atom stereocenters. The van der Waals surface area contributed by atoms with Crippen LogP contribution in [0.5, 0.6) is 0 Å². The maximum atomic E-state index is 6.09. The van der Waals surface area contributed by atoms with Crippen LogP contribution in [0.3, 0.4) is 0 Å². The third kappa shape index (κ3) is 12.8. The van der Waals surface area contributed by atoms with E-state index in [1.807, 2.05) is 0 Å². The molecule has 1 fully saturated rings. The lowest BCUT2D eigenvalue weighted by atomic mass is 9.66. The number of allylic oxidation sites excluding steroid dienone is 6. The second-order valence-corrected chi connectivity index (χ2v) is 10.8. The summed E-state index contributed by atoms with van der Waals surface area (Å²) in [7, 11) is 0. The molecule has 3 aliphatic rings. The molecule has 0 aromatic rings. The van der Waals surface area contributed by atoms with Gasteiger partial charge in [0.05, 0.1) is 0 Å². The Bertz CT molecular complexity index is 586. The highest BCUT2D eigenvalue weighted by atomic mass is 35.5. The zero-order valence-electron chi connectivity index (χ0n) is 21.4. The predicted molar refractivity (Wildman–Crippen MR) is 150 cm³/mol. The van der Waals surface area contributed by atoms with Crippen LogP contribution in [0.1, 0.15) is 73.6 Å². The van der Waals surface area contributed by atoms with Crippen LogP contribution in [0, 0.1) is 23.2 Å². The average molecular weight is 506 g/mol. The Morgan fingerprint density at radius 2 is 1.76 bits per heavy atom. The molecule has 0 bridgehead atoms. The summed E-state index contributed by atoms with van der Waals surface area (Å²) in [4.78, 5) is 2.65. The molecule has 0 radical (unpaired) electrons. The van der Waals surface area contributed by atoms with Crippen molar-refractivity contribution in [1.29, 1.82) is 0 Å². The Labute approximate surface area is 215 Å². The minimum absolute atomic E-state index is 0. The maximum absolute atomic E-state index is 6.09. The fourth-order valence-electron chi connectivity index (χ4n) is 5.16. The summed E-state index contributed by atoms with van der Waals surface area (Å²) >= 11 is 6.09. The van der Waals surface area contributed by atoms with Crippen LogP contribution in [0.15, 0.2) is 35.4 Å². The Morgan fingerprint density at radius 1 is 1.15 bits per heavy atom. The van der Waals surface area contributed by atoms with E-state index in [0.29, 0.717) is 29.8 Å². The lowest BCUT2D eigenvalue weighted by molar-refractivity contribution is 0.0253. The number of likely N-dealkylation sites (tertiary alicyclic amines) is 1. The zero-order chi connectivity index (χ0) is 22.0. The van der Waals surface area contributed by atoms with Gasteiger partial charge >= 0.3 is 0 Å². The third-order valence-electron chi connectivity index (χ3n) is 6.96. The molecule has 3 atom stereocenters. The number of nitrogens with one attached hydrogen (secondary N) is 1. The first-order chi connectivity index (χ1) is 14.3. The molecule has 0 aromatic heterocycles. The lowest BCUT2D eigenvalue weighted by Crippen LogP contribution is -2.53. The van der Waals surface area contributed by atoms with Crippen LogP contribution in [-0.4, -0.2) is 60.1 Å². The zero-order valence-corrected chi connectivity index (χ0v) is 22.1. The van der Waals surface area contributed by atoms with Crippen molar-refractivity contribution in [3.63, 3.8) is 0 Å². The molecule has 6 nitrogen and oxygen atoms in total. The summed E-state index contributed by atoms with van der Waals surface area (Å²) in [5, 5.41) is 4.52. The van der Waals surface area contributed by atoms with Crippen molar-refractivity contribution in [2.75, 3.05) is 32.7 Å². The highest BCUT2D eigenvalue weighted by Gasteiger charge is 2.39. The van der Waals surface area contributed by atoms with Crippen LogP contribution >= 0.6 is 11.6 Å². The molecule has 2 aliphatic carbocycles. The molecule has 0 spiro atoms. The first-order valence-corrected chi connectivity index (χ1v) is 12.6. The van der Waals surface area contributed by atoms with Gasteiger partial charge in [0.15, 0.2) is 0 Å². The molecule has 3 rings (SSSR count). The number of nitrogens with two attached hydrogens (primary N) is 1. The van der Waals surface area contributed by atoms with E-state index in [2.05, 4.69) is 68.3 Å². The maximum Gasteiger partial charge on any atom is 0.0363 e. The van der Waals surface area contributed by atoms with Crippen molar-refractivity contribution in [3.8, 4) is 0 Å². The van der Waals surface area contributed by atoms with E-state index in [4.69, 9.17) is 17.3 Å². The average Bonchev–Trinajstić information content (AvgIpc) is 2.73. The number of nitrogens with zero attached hydrogens (tertiary/aromatic N) is 1. The minimum atomic E-state index is 0. The van der Waals surface area contributed by atoms with E-state index >= 15 is 0 Å². The van der Waals surface area contributed by atoms with Crippen molar-refractivity contribution >= 4 is 11.6 Å². The van der Waals surface area contributed by atoms with Crippen LogP contribution in [0.2, 0.25) is 0 Å². The van der Waals surface area contributed by atoms with Gasteiger partial charge < -0.3 is 32.4 Å². The molecular formula is C27H56ClN3O3. The van der Waals surface area contributed by atoms with Gasteiger partial charge in [-0.2, -0.15) is 0 Å². The summed E-state index contributed by atoms with van der Waals surface area (Å²) in [6, 6.07) is 0.525. The van der Waals surface area contributed by atoms with E-state index in [9.17, 15) is 0 Å².